The maximum Gasteiger partial charge on any atom is 0.279 e. The number of amides is 2. The lowest BCUT2D eigenvalue weighted by Gasteiger charge is -2.26. The van der Waals surface area contributed by atoms with Crippen LogP contribution in [0.15, 0.2) is 23.1 Å². The van der Waals surface area contributed by atoms with Crippen molar-refractivity contribution in [3.05, 3.63) is 23.8 Å². The number of piperidine rings is 1. The molecule has 1 unspecified atom stereocenters. The summed E-state index contributed by atoms with van der Waals surface area (Å²) in [6.07, 6.45) is 4.86. The van der Waals surface area contributed by atoms with E-state index >= 15 is 0 Å². The van der Waals surface area contributed by atoms with E-state index in [1.165, 1.54) is 10.4 Å². The van der Waals surface area contributed by atoms with Gasteiger partial charge in [-0.3, -0.25) is 9.59 Å². The van der Waals surface area contributed by atoms with Crippen molar-refractivity contribution in [3.63, 3.8) is 0 Å². The van der Waals surface area contributed by atoms with Crippen molar-refractivity contribution in [2.24, 2.45) is 0 Å². The largest absolute Gasteiger partial charge is 0.348 e. The Morgan fingerprint density at radius 2 is 1.76 bits per heavy atom. The summed E-state index contributed by atoms with van der Waals surface area (Å²) < 4.78 is 27.5. The first kappa shape index (κ1) is 21.7. The minimum atomic E-state index is -3.57. The maximum absolute atomic E-state index is 13.0. The van der Waals surface area contributed by atoms with Crippen LogP contribution in [-0.2, 0) is 19.6 Å². The number of anilines is 1. The molecule has 1 aromatic carbocycles. The van der Waals surface area contributed by atoms with Crippen molar-refractivity contribution in [2.75, 3.05) is 38.5 Å². The first-order valence-corrected chi connectivity index (χ1v) is 11.7. The number of quaternary nitrogens is 1. The van der Waals surface area contributed by atoms with E-state index in [1.807, 2.05) is 0 Å². The minimum Gasteiger partial charge on any atom is -0.348 e. The first-order chi connectivity index (χ1) is 13.8. The summed E-state index contributed by atoms with van der Waals surface area (Å²) >= 11 is 0. The average molecular weight is 424 g/mol. The Hall–Kier alpha value is -1.97. The van der Waals surface area contributed by atoms with Crippen molar-refractivity contribution in [1.29, 1.82) is 0 Å². The van der Waals surface area contributed by atoms with Gasteiger partial charge in [-0.05, 0) is 50.3 Å². The average Bonchev–Trinajstić information content (AvgIpc) is 3.47. The summed E-state index contributed by atoms with van der Waals surface area (Å²) in [6, 6.07) is 5.26. The molecule has 0 radical (unpaired) electrons. The molecule has 3 N–H and O–H groups in total. The number of nitrogens with zero attached hydrogens (tertiary/aromatic N) is 1. The zero-order chi connectivity index (χ0) is 21.0. The van der Waals surface area contributed by atoms with Gasteiger partial charge in [0.1, 0.15) is 0 Å². The Morgan fingerprint density at radius 3 is 2.41 bits per heavy atom. The van der Waals surface area contributed by atoms with Gasteiger partial charge in [-0.2, -0.15) is 4.31 Å². The highest BCUT2D eigenvalue weighted by Gasteiger charge is 2.28. The molecule has 1 saturated carbocycles. The van der Waals surface area contributed by atoms with Gasteiger partial charge in [0, 0.05) is 24.8 Å². The van der Waals surface area contributed by atoms with Gasteiger partial charge in [0.15, 0.2) is 13.1 Å². The number of aryl methyl sites for hydroxylation is 1. The number of likely N-dealkylation sites (N-methyl/N-ethyl adjacent to an activating group) is 1. The molecule has 9 heteroatoms. The number of sulfonamides is 1. The Labute approximate surface area is 172 Å². The predicted octanol–water partition coefficient (Wildman–Crippen LogP) is -0.0986. The molecular formula is C20H31N4O4S+. The molecule has 1 aromatic rings. The molecule has 0 aromatic heterocycles. The molecule has 1 atom stereocenters. The topological polar surface area (TPSA) is 100 Å². The fourth-order valence-corrected chi connectivity index (χ4v) is 5.29. The number of carbonyl (C=O) groups excluding carboxylic acids is 2. The van der Waals surface area contributed by atoms with Crippen LogP contribution in [-0.4, -0.2) is 63.8 Å². The normalized spacial score (nSPS) is 18.8. The molecule has 1 saturated heterocycles. The fraction of sp³-hybridized carbons (Fsp3) is 0.600. The van der Waals surface area contributed by atoms with Gasteiger partial charge in [0.2, 0.25) is 10.0 Å². The summed E-state index contributed by atoms with van der Waals surface area (Å²) in [5, 5.41) is 5.67. The summed E-state index contributed by atoms with van der Waals surface area (Å²) in [5.41, 5.74) is 1.11. The summed E-state index contributed by atoms with van der Waals surface area (Å²) in [6.45, 7) is 3.19. The molecule has 29 heavy (non-hydrogen) atoms. The second kappa shape index (κ2) is 9.23. The molecule has 0 bridgehead atoms. The highest BCUT2D eigenvalue weighted by molar-refractivity contribution is 7.89. The number of hydrogen-bond acceptors (Lipinski definition) is 4. The number of nitrogens with one attached hydrogen (secondary N) is 3. The zero-order valence-electron chi connectivity index (χ0n) is 17.2. The molecule has 3 rings (SSSR count). The molecule has 1 aliphatic heterocycles. The van der Waals surface area contributed by atoms with Crippen molar-refractivity contribution in [2.45, 2.75) is 50.0 Å². The van der Waals surface area contributed by atoms with Gasteiger partial charge in [-0.25, -0.2) is 8.42 Å². The van der Waals surface area contributed by atoms with E-state index in [-0.39, 0.29) is 29.8 Å². The highest BCUT2D eigenvalue weighted by atomic mass is 32.2. The third-order valence-corrected chi connectivity index (χ3v) is 7.31. The fourth-order valence-electron chi connectivity index (χ4n) is 3.52. The maximum atomic E-state index is 13.0. The van der Waals surface area contributed by atoms with E-state index in [0.29, 0.717) is 30.4 Å². The predicted molar refractivity (Wildman–Crippen MR) is 110 cm³/mol. The molecule has 0 spiro atoms. The number of carbonyl (C=O) groups is 2. The smallest absolute Gasteiger partial charge is 0.279 e. The lowest BCUT2D eigenvalue weighted by molar-refractivity contribution is -0.862. The van der Waals surface area contributed by atoms with Gasteiger partial charge in [-0.15, -0.1) is 0 Å². The second-order valence-corrected chi connectivity index (χ2v) is 10.1. The van der Waals surface area contributed by atoms with E-state index in [0.717, 1.165) is 37.0 Å². The lowest BCUT2D eigenvalue weighted by Crippen LogP contribution is -3.11. The monoisotopic (exact) mass is 423 g/mol. The van der Waals surface area contributed by atoms with Gasteiger partial charge < -0.3 is 15.5 Å². The highest BCUT2D eigenvalue weighted by Crippen LogP contribution is 2.26. The Bertz CT molecular complexity index is 861. The number of benzene rings is 1. The van der Waals surface area contributed by atoms with Crippen LogP contribution in [0.5, 0.6) is 0 Å². The third kappa shape index (κ3) is 6.01. The van der Waals surface area contributed by atoms with Crippen LogP contribution < -0.4 is 15.5 Å². The quantitative estimate of drug-likeness (QED) is 0.544. The molecular weight excluding hydrogens is 392 g/mol. The van der Waals surface area contributed by atoms with Crippen molar-refractivity contribution < 1.29 is 22.9 Å². The Kier molecular flexibility index (Phi) is 6.92. The molecule has 1 heterocycles. The van der Waals surface area contributed by atoms with E-state index in [1.54, 1.807) is 26.1 Å². The van der Waals surface area contributed by atoms with Crippen LogP contribution in [0.3, 0.4) is 0 Å². The summed E-state index contributed by atoms with van der Waals surface area (Å²) in [7, 11) is -1.79. The van der Waals surface area contributed by atoms with E-state index < -0.39 is 10.0 Å². The summed E-state index contributed by atoms with van der Waals surface area (Å²) in [4.78, 5) is 25.2. The standard InChI is InChI=1S/C20H30N4O4S/c1-15-6-7-17(12-18(15)29(27,28)24-10-4-3-5-11-24)22-20(26)14-23(2)13-19(25)21-16-8-9-16/h6-7,12,16H,3-5,8-11,13-14H2,1-2H3,(H,21,25)(H,22,26)/p+1. The van der Waals surface area contributed by atoms with Crippen LogP contribution in [0.25, 0.3) is 0 Å². The van der Waals surface area contributed by atoms with Crippen LogP contribution in [0, 0.1) is 6.92 Å². The van der Waals surface area contributed by atoms with Gasteiger partial charge in [0.05, 0.1) is 11.9 Å². The van der Waals surface area contributed by atoms with E-state index in [9.17, 15) is 18.0 Å². The number of hydrogen-bond donors (Lipinski definition) is 3. The third-order valence-electron chi connectivity index (χ3n) is 5.27. The van der Waals surface area contributed by atoms with Crippen LogP contribution in [0.2, 0.25) is 0 Å². The Morgan fingerprint density at radius 1 is 1.10 bits per heavy atom. The molecule has 8 nitrogen and oxygen atoms in total. The first-order valence-electron chi connectivity index (χ1n) is 10.3. The minimum absolute atomic E-state index is 0.0527. The summed E-state index contributed by atoms with van der Waals surface area (Å²) in [5.74, 6) is -0.310. The van der Waals surface area contributed by atoms with Gasteiger partial charge in [0.25, 0.3) is 11.8 Å². The van der Waals surface area contributed by atoms with E-state index in [4.69, 9.17) is 0 Å². The SMILES string of the molecule is Cc1ccc(NC(=O)C[NH+](C)CC(=O)NC2CC2)cc1S(=O)(=O)N1CCCCC1. The van der Waals surface area contributed by atoms with Crippen LogP contribution >= 0.6 is 0 Å². The molecule has 2 aliphatic rings. The van der Waals surface area contributed by atoms with Crippen molar-refractivity contribution in [1.82, 2.24) is 9.62 Å². The van der Waals surface area contributed by atoms with E-state index in [2.05, 4.69) is 10.6 Å². The molecule has 1 aliphatic carbocycles. The molecule has 2 fully saturated rings. The lowest BCUT2D eigenvalue weighted by atomic mass is 10.2. The zero-order valence-corrected chi connectivity index (χ0v) is 18.0. The van der Waals surface area contributed by atoms with Crippen LogP contribution in [0.1, 0.15) is 37.7 Å². The Balaban J connectivity index is 1.61. The van der Waals surface area contributed by atoms with Gasteiger partial charge >= 0.3 is 0 Å². The molecule has 160 valence electrons. The van der Waals surface area contributed by atoms with Crippen molar-refractivity contribution >= 4 is 27.5 Å². The van der Waals surface area contributed by atoms with Crippen LogP contribution in [0.4, 0.5) is 5.69 Å². The number of rotatable bonds is 8. The van der Waals surface area contributed by atoms with Crippen molar-refractivity contribution in [3.8, 4) is 0 Å². The second-order valence-electron chi connectivity index (χ2n) is 8.15. The van der Waals surface area contributed by atoms with Gasteiger partial charge in [-0.1, -0.05) is 12.5 Å². The molecule has 2 amide bonds.